The van der Waals surface area contributed by atoms with Crippen LogP contribution in [0.5, 0.6) is 0 Å². The molecule has 1 amide bonds. The third-order valence-electron chi connectivity index (χ3n) is 3.66. The SMILES string of the molecule is COC(=O)CCN1CCN(C(=O)c2ccc[nH]2)[C@@H](C)C1. The van der Waals surface area contributed by atoms with Crippen LogP contribution >= 0.6 is 0 Å². The summed E-state index contributed by atoms with van der Waals surface area (Å²) in [5.41, 5.74) is 0.625. The fourth-order valence-electron chi connectivity index (χ4n) is 2.51. The van der Waals surface area contributed by atoms with Crippen molar-refractivity contribution in [2.45, 2.75) is 19.4 Å². The van der Waals surface area contributed by atoms with Crippen LogP contribution in [0, 0.1) is 0 Å². The molecule has 2 rings (SSSR count). The second-order valence-electron chi connectivity index (χ2n) is 5.06. The highest BCUT2D eigenvalue weighted by Gasteiger charge is 2.28. The number of ether oxygens (including phenoxy) is 1. The zero-order valence-electron chi connectivity index (χ0n) is 12.0. The third kappa shape index (κ3) is 3.39. The summed E-state index contributed by atoms with van der Waals surface area (Å²) in [5, 5.41) is 0. The minimum Gasteiger partial charge on any atom is -0.469 e. The summed E-state index contributed by atoms with van der Waals surface area (Å²) in [4.78, 5) is 30.5. The van der Waals surface area contributed by atoms with Crippen LogP contribution in [-0.4, -0.2) is 66.0 Å². The molecule has 0 aromatic carbocycles. The maximum Gasteiger partial charge on any atom is 0.306 e. The molecule has 1 aromatic heterocycles. The Bertz CT molecular complexity index is 458. The number of H-pyrrole nitrogens is 1. The highest BCUT2D eigenvalue weighted by Crippen LogP contribution is 2.13. The van der Waals surface area contributed by atoms with Crippen LogP contribution in [0.15, 0.2) is 18.3 Å². The largest absolute Gasteiger partial charge is 0.469 e. The van der Waals surface area contributed by atoms with E-state index in [4.69, 9.17) is 0 Å². The third-order valence-corrected chi connectivity index (χ3v) is 3.66. The number of aromatic nitrogens is 1. The van der Waals surface area contributed by atoms with Gasteiger partial charge in [0.1, 0.15) is 5.69 Å². The van der Waals surface area contributed by atoms with Crippen molar-refractivity contribution in [3.05, 3.63) is 24.0 Å². The molecule has 20 heavy (non-hydrogen) atoms. The number of piperazine rings is 1. The van der Waals surface area contributed by atoms with Crippen molar-refractivity contribution in [1.29, 1.82) is 0 Å². The Morgan fingerprint density at radius 2 is 2.25 bits per heavy atom. The lowest BCUT2D eigenvalue weighted by Gasteiger charge is -2.39. The van der Waals surface area contributed by atoms with Crippen LogP contribution < -0.4 is 0 Å². The van der Waals surface area contributed by atoms with E-state index in [1.54, 1.807) is 12.3 Å². The lowest BCUT2D eigenvalue weighted by molar-refractivity contribution is -0.141. The standard InChI is InChI=1S/C14H21N3O3/c1-11-10-16(7-5-13(18)20-2)8-9-17(11)14(19)12-4-3-6-15-12/h3-4,6,11,15H,5,7-10H2,1-2H3/t11-/m0/s1. The van der Waals surface area contributed by atoms with Gasteiger partial charge in [0, 0.05) is 38.4 Å². The Labute approximate surface area is 118 Å². The lowest BCUT2D eigenvalue weighted by atomic mass is 10.1. The second kappa shape index (κ2) is 6.56. The van der Waals surface area contributed by atoms with E-state index in [0.717, 1.165) is 13.1 Å². The molecule has 1 aliphatic heterocycles. The summed E-state index contributed by atoms with van der Waals surface area (Å²) < 4.78 is 4.64. The predicted molar refractivity (Wildman–Crippen MR) is 74.4 cm³/mol. The van der Waals surface area contributed by atoms with Gasteiger partial charge < -0.3 is 14.6 Å². The van der Waals surface area contributed by atoms with E-state index in [1.807, 2.05) is 17.9 Å². The summed E-state index contributed by atoms with van der Waals surface area (Å²) in [7, 11) is 1.40. The normalized spacial score (nSPS) is 19.9. The molecule has 0 saturated carbocycles. The molecular weight excluding hydrogens is 258 g/mol. The Morgan fingerprint density at radius 1 is 1.45 bits per heavy atom. The van der Waals surface area contributed by atoms with Gasteiger partial charge in [0.05, 0.1) is 13.5 Å². The summed E-state index contributed by atoms with van der Waals surface area (Å²) in [6, 6.07) is 3.75. The van der Waals surface area contributed by atoms with E-state index >= 15 is 0 Å². The number of hydrogen-bond donors (Lipinski definition) is 1. The fraction of sp³-hybridized carbons (Fsp3) is 0.571. The Morgan fingerprint density at radius 3 is 2.85 bits per heavy atom. The first-order valence-electron chi connectivity index (χ1n) is 6.85. The molecule has 1 N–H and O–H groups in total. The van der Waals surface area contributed by atoms with Gasteiger partial charge >= 0.3 is 5.97 Å². The number of aromatic amines is 1. The molecule has 0 unspecified atom stereocenters. The molecule has 0 spiro atoms. The number of hydrogen-bond acceptors (Lipinski definition) is 4. The molecule has 0 bridgehead atoms. The average molecular weight is 279 g/mol. The van der Waals surface area contributed by atoms with Gasteiger partial charge in [0.25, 0.3) is 5.91 Å². The number of nitrogens with zero attached hydrogens (tertiary/aromatic N) is 2. The zero-order chi connectivity index (χ0) is 14.5. The minimum atomic E-state index is -0.192. The average Bonchev–Trinajstić information content (AvgIpc) is 2.98. The maximum absolute atomic E-state index is 12.3. The number of methoxy groups -OCH3 is 1. The first-order chi connectivity index (χ1) is 9.61. The van der Waals surface area contributed by atoms with Crippen LogP contribution in [0.2, 0.25) is 0 Å². The summed E-state index contributed by atoms with van der Waals surface area (Å²) >= 11 is 0. The van der Waals surface area contributed by atoms with Gasteiger partial charge in [-0.15, -0.1) is 0 Å². The summed E-state index contributed by atoms with van der Waals surface area (Å²) in [5.74, 6) is -0.155. The van der Waals surface area contributed by atoms with Gasteiger partial charge in [-0.2, -0.15) is 0 Å². The second-order valence-corrected chi connectivity index (χ2v) is 5.06. The molecule has 1 atom stereocenters. The zero-order valence-corrected chi connectivity index (χ0v) is 12.0. The Balaban J connectivity index is 1.86. The summed E-state index contributed by atoms with van der Waals surface area (Å²) in [6.07, 6.45) is 2.15. The minimum absolute atomic E-state index is 0.0371. The first kappa shape index (κ1) is 14.6. The number of carbonyl (C=O) groups excluding carboxylic acids is 2. The van der Waals surface area contributed by atoms with E-state index in [9.17, 15) is 9.59 Å². The fourth-order valence-corrected chi connectivity index (χ4v) is 2.51. The molecule has 1 saturated heterocycles. The summed E-state index contributed by atoms with van der Waals surface area (Å²) in [6.45, 7) is 4.96. The predicted octanol–water partition coefficient (Wildman–Crippen LogP) is 0.724. The molecule has 2 heterocycles. The van der Waals surface area contributed by atoms with Gasteiger partial charge in [0.2, 0.25) is 0 Å². The van der Waals surface area contributed by atoms with Crippen molar-refractivity contribution >= 4 is 11.9 Å². The van der Waals surface area contributed by atoms with Crippen LogP contribution in [0.1, 0.15) is 23.8 Å². The monoisotopic (exact) mass is 279 g/mol. The topological polar surface area (TPSA) is 65.6 Å². The number of rotatable bonds is 4. The van der Waals surface area contributed by atoms with Gasteiger partial charge in [-0.05, 0) is 19.1 Å². The van der Waals surface area contributed by atoms with Crippen molar-refractivity contribution in [1.82, 2.24) is 14.8 Å². The molecular formula is C14H21N3O3. The van der Waals surface area contributed by atoms with Gasteiger partial charge in [-0.1, -0.05) is 0 Å². The molecule has 1 fully saturated rings. The van der Waals surface area contributed by atoms with Crippen LogP contribution in [-0.2, 0) is 9.53 Å². The molecule has 110 valence electrons. The highest BCUT2D eigenvalue weighted by atomic mass is 16.5. The molecule has 0 radical (unpaired) electrons. The number of esters is 1. The van der Waals surface area contributed by atoms with Crippen molar-refractivity contribution < 1.29 is 14.3 Å². The maximum atomic E-state index is 12.3. The highest BCUT2D eigenvalue weighted by molar-refractivity contribution is 5.92. The van der Waals surface area contributed by atoms with E-state index in [0.29, 0.717) is 25.2 Å². The van der Waals surface area contributed by atoms with E-state index in [2.05, 4.69) is 14.6 Å². The van der Waals surface area contributed by atoms with Gasteiger partial charge in [-0.3, -0.25) is 14.5 Å². The van der Waals surface area contributed by atoms with Crippen molar-refractivity contribution in [2.24, 2.45) is 0 Å². The van der Waals surface area contributed by atoms with E-state index in [-0.39, 0.29) is 17.9 Å². The first-order valence-corrected chi connectivity index (χ1v) is 6.85. The Kier molecular flexibility index (Phi) is 4.79. The van der Waals surface area contributed by atoms with Crippen LogP contribution in [0.4, 0.5) is 0 Å². The van der Waals surface area contributed by atoms with E-state index in [1.165, 1.54) is 7.11 Å². The molecule has 1 aromatic rings. The smallest absolute Gasteiger partial charge is 0.306 e. The van der Waals surface area contributed by atoms with Gasteiger partial charge in [0.15, 0.2) is 0 Å². The van der Waals surface area contributed by atoms with Crippen LogP contribution in [0.25, 0.3) is 0 Å². The van der Waals surface area contributed by atoms with E-state index < -0.39 is 0 Å². The Hall–Kier alpha value is -1.82. The van der Waals surface area contributed by atoms with Gasteiger partial charge in [-0.25, -0.2) is 0 Å². The quantitative estimate of drug-likeness (QED) is 0.825. The molecule has 6 heteroatoms. The molecule has 6 nitrogen and oxygen atoms in total. The number of carbonyl (C=O) groups is 2. The van der Waals surface area contributed by atoms with Crippen molar-refractivity contribution in [3.8, 4) is 0 Å². The molecule has 1 aliphatic rings. The van der Waals surface area contributed by atoms with Crippen molar-refractivity contribution in [3.63, 3.8) is 0 Å². The number of nitrogens with one attached hydrogen (secondary N) is 1. The number of amides is 1. The van der Waals surface area contributed by atoms with Crippen LogP contribution in [0.3, 0.4) is 0 Å². The van der Waals surface area contributed by atoms with Crippen molar-refractivity contribution in [2.75, 3.05) is 33.3 Å². The molecule has 0 aliphatic carbocycles. The lowest BCUT2D eigenvalue weighted by Crippen LogP contribution is -2.54.